The second-order valence-corrected chi connectivity index (χ2v) is 8.78. The van der Waals surface area contributed by atoms with Gasteiger partial charge in [0, 0.05) is 32.9 Å². The first-order valence-corrected chi connectivity index (χ1v) is 11.3. The summed E-state index contributed by atoms with van der Waals surface area (Å²) < 4.78 is 6.45. The number of aromatic nitrogens is 8. The molecule has 12 nitrogen and oxygen atoms in total. The molecule has 0 amide bonds. The Morgan fingerprint density at radius 1 is 0.969 bits per heavy atom. The third-order valence-electron chi connectivity index (χ3n) is 5.00. The Labute approximate surface area is 191 Å². The number of hydrogen-bond acceptors (Lipinski definition) is 7. The van der Waals surface area contributed by atoms with Crippen LogP contribution in [0.5, 0.6) is 0 Å². The van der Waals surface area contributed by atoms with E-state index in [1.165, 1.54) is 20.9 Å². The van der Waals surface area contributed by atoms with Crippen molar-refractivity contribution in [2.75, 3.05) is 5.75 Å². The summed E-state index contributed by atoms with van der Waals surface area (Å²) in [5, 5.41) is 0.585. The van der Waals surface area contributed by atoms with Crippen LogP contribution in [0.15, 0.2) is 41.7 Å². The van der Waals surface area contributed by atoms with Gasteiger partial charge in [-0.05, 0) is 22.4 Å². The van der Waals surface area contributed by atoms with Gasteiger partial charge in [0.05, 0.1) is 0 Å². The molecule has 4 aromatic rings. The van der Waals surface area contributed by atoms with Gasteiger partial charge < -0.3 is 9.13 Å². The maximum Gasteiger partial charge on any atom is 0.329 e. The lowest BCUT2D eigenvalue weighted by Crippen LogP contribution is -2.29. The minimum atomic E-state index is -0.529. The molecule has 0 aliphatic rings. The molecule has 4 aromatic heterocycles. The molecule has 0 radical (unpaired) electrons. The van der Waals surface area contributed by atoms with Crippen molar-refractivity contribution in [1.82, 2.24) is 38.2 Å². The molecule has 168 valence electrons. The normalized spacial score (nSPS) is 11.6. The molecule has 14 heteroatoms. The van der Waals surface area contributed by atoms with E-state index in [-0.39, 0.29) is 0 Å². The van der Waals surface area contributed by atoms with Crippen molar-refractivity contribution in [1.29, 1.82) is 0 Å². The smallest absolute Gasteiger partial charge is 0.313 e. The van der Waals surface area contributed by atoms with Gasteiger partial charge in [0.2, 0.25) is 0 Å². The van der Waals surface area contributed by atoms with Crippen molar-refractivity contribution < 1.29 is 0 Å². The highest BCUT2D eigenvalue weighted by atomic mass is 79.9. The second-order valence-electron chi connectivity index (χ2n) is 7.01. The number of aryl methyl sites for hydroxylation is 3. The highest BCUT2D eigenvalue weighted by Crippen LogP contribution is 2.23. The fourth-order valence-corrected chi connectivity index (χ4v) is 4.87. The summed E-state index contributed by atoms with van der Waals surface area (Å²) in [4.78, 5) is 61.7. The molecule has 4 rings (SSSR count). The minimum Gasteiger partial charge on any atom is -0.313 e. The van der Waals surface area contributed by atoms with Crippen LogP contribution in [0.3, 0.4) is 0 Å². The molecule has 0 unspecified atom stereocenters. The summed E-state index contributed by atoms with van der Waals surface area (Å²) >= 11 is 4.78. The zero-order valence-electron chi connectivity index (χ0n) is 17.2. The topological polar surface area (TPSA) is 145 Å². The third-order valence-corrected chi connectivity index (χ3v) is 6.67. The Morgan fingerprint density at radius 3 is 2.12 bits per heavy atom. The van der Waals surface area contributed by atoms with Crippen LogP contribution < -0.4 is 22.5 Å². The van der Waals surface area contributed by atoms with E-state index in [4.69, 9.17) is 0 Å². The number of aromatic amines is 2. The number of rotatable bonds is 7. The van der Waals surface area contributed by atoms with Crippen LogP contribution in [0, 0.1) is 0 Å². The Morgan fingerprint density at radius 2 is 1.53 bits per heavy atom. The van der Waals surface area contributed by atoms with Crippen LogP contribution in [0.25, 0.3) is 22.3 Å². The number of nitrogens with one attached hydrogen (secondary N) is 2. The fraction of sp³-hybridized carbons (Fsp3) is 0.333. The van der Waals surface area contributed by atoms with E-state index < -0.39 is 22.5 Å². The van der Waals surface area contributed by atoms with Crippen LogP contribution in [0.1, 0.15) is 6.42 Å². The fourth-order valence-electron chi connectivity index (χ4n) is 3.42. The Balaban J connectivity index is 1.60. The van der Waals surface area contributed by atoms with Gasteiger partial charge >= 0.3 is 11.4 Å². The summed E-state index contributed by atoms with van der Waals surface area (Å²) in [5.74, 6) is 0.613. The van der Waals surface area contributed by atoms with Crippen molar-refractivity contribution >= 4 is 50.0 Å². The van der Waals surface area contributed by atoms with Crippen molar-refractivity contribution in [2.24, 2.45) is 14.1 Å². The summed E-state index contributed by atoms with van der Waals surface area (Å²) in [5.41, 5.74) is -0.830. The van der Waals surface area contributed by atoms with Gasteiger partial charge in [0.15, 0.2) is 32.2 Å². The molecule has 0 aliphatic carbocycles. The lowest BCUT2D eigenvalue weighted by atomic mass is 10.4. The molecule has 0 spiro atoms. The minimum absolute atomic E-state index is 0.297. The molecule has 0 saturated heterocycles. The first-order valence-electron chi connectivity index (χ1n) is 9.52. The van der Waals surface area contributed by atoms with E-state index >= 15 is 0 Å². The van der Waals surface area contributed by atoms with Crippen LogP contribution in [-0.2, 0) is 27.2 Å². The summed E-state index contributed by atoms with van der Waals surface area (Å²) in [7, 11) is 3.09. The predicted octanol–water partition coefficient (Wildman–Crippen LogP) is 0.291. The number of H-pyrrole nitrogens is 2. The molecule has 0 atom stereocenters. The second kappa shape index (κ2) is 8.43. The van der Waals surface area contributed by atoms with E-state index in [0.717, 1.165) is 0 Å². The molecule has 0 aromatic carbocycles. The number of nitrogens with zero attached hydrogens (tertiary/aromatic N) is 6. The zero-order valence-corrected chi connectivity index (χ0v) is 19.6. The molecule has 0 saturated carbocycles. The monoisotopic (exact) mass is 522 g/mol. The van der Waals surface area contributed by atoms with Gasteiger partial charge in [-0.3, -0.25) is 28.7 Å². The van der Waals surface area contributed by atoms with Gasteiger partial charge in [-0.25, -0.2) is 19.6 Å². The van der Waals surface area contributed by atoms with Gasteiger partial charge in [0.25, 0.3) is 11.1 Å². The number of allylic oxidation sites excluding steroid dienone is 1. The molecule has 2 N–H and O–H groups in total. The Kier molecular flexibility index (Phi) is 5.81. The molecule has 4 heterocycles. The number of halogens is 1. The van der Waals surface area contributed by atoms with Crippen molar-refractivity contribution in [2.45, 2.75) is 24.7 Å². The summed E-state index contributed by atoms with van der Waals surface area (Å²) in [6.45, 7) is 4.56. The quantitative estimate of drug-likeness (QED) is 0.153. The van der Waals surface area contributed by atoms with Gasteiger partial charge in [0.1, 0.15) is 0 Å². The molecule has 32 heavy (non-hydrogen) atoms. The van der Waals surface area contributed by atoms with E-state index in [0.29, 0.717) is 57.5 Å². The number of hydrogen-bond donors (Lipinski definition) is 2. The Hall–Kier alpha value is -3.13. The van der Waals surface area contributed by atoms with E-state index in [9.17, 15) is 19.2 Å². The maximum absolute atomic E-state index is 12.3. The van der Waals surface area contributed by atoms with Crippen molar-refractivity contribution in [3.8, 4) is 0 Å². The molecule has 0 aliphatic heterocycles. The standard InChI is InChI=1S/C18H19BrN8O4S/c1-4-6-27-10-12(25(3)17(31)23-14(10)29)21-18(27)32-8-5-7-26-9-11(20-15(26)19)24(2)16(30)22-13(9)28/h4H,1,5-8H2,2-3H3,(H,22,28,30)(H,23,29,31). The van der Waals surface area contributed by atoms with Crippen LogP contribution in [0.4, 0.5) is 0 Å². The predicted molar refractivity (Wildman–Crippen MR) is 124 cm³/mol. The van der Waals surface area contributed by atoms with E-state index in [1.54, 1.807) is 29.3 Å². The van der Waals surface area contributed by atoms with Crippen molar-refractivity contribution in [3.63, 3.8) is 0 Å². The van der Waals surface area contributed by atoms with Crippen LogP contribution in [-0.4, -0.2) is 44.0 Å². The van der Waals surface area contributed by atoms with E-state index in [2.05, 4.69) is 42.4 Å². The average molecular weight is 523 g/mol. The zero-order chi connectivity index (χ0) is 23.2. The Bertz CT molecular complexity index is 1600. The first kappa shape index (κ1) is 22.1. The number of thioether (sulfide) groups is 1. The highest BCUT2D eigenvalue weighted by molar-refractivity contribution is 9.10. The number of fused-ring (bicyclic) bond motifs is 2. The molecule has 0 bridgehead atoms. The average Bonchev–Trinajstić information content (AvgIpc) is 3.27. The summed E-state index contributed by atoms with van der Waals surface area (Å²) in [6.07, 6.45) is 2.30. The van der Waals surface area contributed by atoms with Crippen molar-refractivity contribution in [3.05, 3.63) is 59.1 Å². The molecular weight excluding hydrogens is 504 g/mol. The van der Waals surface area contributed by atoms with Crippen LogP contribution >= 0.6 is 27.7 Å². The summed E-state index contributed by atoms with van der Waals surface area (Å²) in [6, 6.07) is 0. The first-order chi connectivity index (χ1) is 15.2. The lowest BCUT2D eigenvalue weighted by molar-refractivity contribution is 0.682. The third kappa shape index (κ3) is 3.58. The largest absolute Gasteiger partial charge is 0.329 e. The van der Waals surface area contributed by atoms with E-state index in [1.807, 2.05) is 0 Å². The maximum atomic E-state index is 12.3. The number of imidazole rings is 2. The highest BCUT2D eigenvalue weighted by Gasteiger charge is 2.18. The van der Waals surface area contributed by atoms with Crippen LogP contribution in [0.2, 0.25) is 0 Å². The van der Waals surface area contributed by atoms with Gasteiger partial charge in [-0.2, -0.15) is 0 Å². The lowest BCUT2D eigenvalue weighted by Gasteiger charge is -2.07. The molecular formula is C18H19BrN8O4S. The SMILES string of the molecule is C=CCn1c(SCCCn2c(Br)nc3c2c(=O)[nH]c(=O)n3C)nc2c1c(=O)[nH]c(=O)n2C. The van der Waals surface area contributed by atoms with Gasteiger partial charge in [-0.1, -0.05) is 17.8 Å². The van der Waals surface area contributed by atoms with Gasteiger partial charge in [-0.15, -0.1) is 6.58 Å². The molecule has 0 fully saturated rings.